The zero-order chi connectivity index (χ0) is 17.4. The SMILES string of the molecule is COc1ccccc1NCC(=O)N/N=C/c1ccc(C(C)C)cc1. The van der Waals surface area contributed by atoms with Crippen LogP contribution in [0.25, 0.3) is 0 Å². The lowest BCUT2D eigenvalue weighted by molar-refractivity contribution is -0.119. The fourth-order valence-electron chi connectivity index (χ4n) is 2.15. The molecule has 0 bridgehead atoms. The van der Waals surface area contributed by atoms with Crippen molar-refractivity contribution in [3.05, 3.63) is 59.7 Å². The van der Waals surface area contributed by atoms with Crippen LogP contribution < -0.4 is 15.5 Å². The summed E-state index contributed by atoms with van der Waals surface area (Å²) in [6, 6.07) is 15.5. The van der Waals surface area contributed by atoms with Crippen molar-refractivity contribution in [3.63, 3.8) is 0 Å². The smallest absolute Gasteiger partial charge is 0.259 e. The van der Waals surface area contributed by atoms with E-state index in [1.165, 1.54) is 5.56 Å². The largest absolute Gasteiger partial charge is 0.495 e. The predicted octanol–water partition coefficient (Wildman–Crippen LogP) is 3.38. The number of rotatable bonds is 7. The predicted molar refractivity (Wildman–Crippen MR) is 97.8 cm³/mol. The standard InChI is InChI=1S/C19H23N3O2/c1-14(2)16-10-8-15(9-11-16)12-21-22-19(23)13-20-17-6-4-5-7-18(17)24-3/h4-12,14,20H,13H2,1-3H3,(H,22,23)/b21-12+. The van der Waals surface area contributed by atoms with E-state index < -0.39 is 0 Å². The number of hydrogen-bond donors (Lipinski definition) is 2. The number of ether oxygens (including phenoxy) is 1. The van der Waals surface area contributed by atoms with E-state index in [-0.39, 0.29) is 12.5 Å². The zero-order valence-corrected chi connectivity index (χ0v) is 14.2. The van der Waals surface area contributed by atoms with Gasteiger partial charge in [0, 0.05) is 0 Å². The average molecular weight is 325 g/mol. The van der Waals surface area contributed by atoms with Gasteiger partial charge in [-0.3, -0.25) is 4.79 Å². The Morgan fingerprint density at radius 1 is 1.17 bits per heavy atom. The maximum atomic E-state index is 11.8. The van der Waals surface area contributed by atoms with Crippen LogP contribution in [0.3, 0.4) is 0 Å². The van der Waals surface area contributed by atoms with Crippen LogP contribution in [0.5, 0.6) is 5.75 Å². The molecule has 24 heavy (non-hydrogen) atoms. The van der Waals surface area contributed by atoms with Crippen molar-refractivity contribution in [2.45, 2.75) is 19.8 Å². The van der Waals surface area contributed by atoms with Gasteiger partial charge in [0.15, 0.2) is 0 Å². The molecule has 0 unspecified atom stereocenters. The van der Waals surface area contributed by atoms with Crippen molar-refractivity contribution in [1.82, 2.24) is 5.43 Å². The molecule has 0 radical (unpaired) electrons. The first kappa shape index (κ1) is 17.5. The second-order valence-corrected chi connectivity index (χ2v) is 5.67. The maximum Gasteiger partial charge on any atom is 0.259 e. The quantitative estimate of drug-likeness (QED) is 0.606. The van der Waals surface area contributed by atoms with Gasteiger partial charge in [-0.1, -0.05) is 50.2 Å². The third-order valence-corrected chi connectivity index (χ3v) is 3.55. The zero-order valence-electron chi connectivity index (χ0n) is 14.2. The molecule has 5 nitrogen and oxygen atoms in total. The Labute approximate surface area is 142 Å². The molecule has 0 aliphatic heterocycles. The summed E-state index contributed by atoms with van der Waals surface area (Å²) in [5, 5.41) is 7.00. The molecular formula is C19H23N3O2. The molecule has 1 amide bonds. The van der Waals surface area contributed by atoms with Crippen molar-refractivity contribution < 1.29 is 9.53 Å². The molecule has 2 N–H and O–H groups in total. The van der Waals surface area contributed by atoms with Gasteiger partial charge < -0.3 is 10.1 Å². The topological polar surface area (TPSA) is 62.7 Å². The molecule has 0 saturated heterocycles. The van der Waals surface area contributed by atoms with E-state index in [0.29, 0.717) is 11.7 Å². The van der Waals surface area contributed by atoms with Gasteiger partial charge in [0.2, 0.25) is 0 Å². The highest BCUT2D eigenvalue weighted by Gasteiger charge is 2.04. The van der Waals surface area contributed by atoms with Crippen LogP contribution in [0.1, 0.15) is 30.9 Å². The summed E-state index contributed by atoms with van der Waals surface area (Å²) < 4.78 is 5.22. The number of nitrogens with one attached hydrogen (secondary N) is 2. The number of carbonyl (C=O) groups excluding carboxylic acids is 1. The lowest BCUT2D eigenvalue weighted by Crippen LogP contribution is -2.26. The minimum Gasteiger partial charge on any atom is -0.495 e. The van der Waals surface area contributed by atoms with E-state index in [1.807, 2.05) is 36.4 Å². The molecule has 2 aromatic carbocycles. The van der Waals surface area contributed by atoms with Gasteiger partial charge in [0.1, 0.15) is 5.75 Å². The molecule has 0 atom stereocenters. The van der Waals surface area contributed by atoms with E-state index >= 15 is 0 Å². The minimum atomic E-state index is -0.226. The number of carbonyl (C=O) groups is 1. The lowest BCUT2D eigenvalue weighted by Gasteiger charge is -2.09. The van der Waals surface area contributed by atoms with Gasteiger partial charge in [0.05, 0.1) is 25.6 Å². The van der Waals surface area contributed by atoms with Gasteiger partial charge in [-0.15, -0.1) is 0 Å². The third kappa shape index (κ3) is 5.12. The average Bonchev–Trinajstić information content (AvgIpc) is 2.60. The van der Waals surface area contributed by atoms with Gasteiger partial charge in [-0.2, -0.15) is 5.10 Å². The van der Waals surface area contributed by atoms with E-state index in [2.05, 4.69) is 41.8 Å². The number of benzene rings is 2. The van der Waals surface area contributed by atoms with Crippen LogP contribution in [-0.4, -0.2) is 25.8 Å². The Morgan fingerprint density at radius 3 is 2.54 bits per heavy atom. The first-order chi connectivity index (χ1) is 11.6. The van der Waals surface area contributed by atoms with Crippen LogP contribution in [0.4, 0.5) is 5.69 Å². The summed E-state index contributed by atoms with van der Waals surface area (Å²) in [5.41, 5.74) is 5.49. The molecule has 126 valence electrons. The lowest BCUT2D eigenvalue weighted by atomic mass is 10.0. The summed E-state index contributed by atoms with van der Waals surface area (Å²) in [4.78, 5) is 11.8. The number of anilines is 1. The Morgan fingerprint density at radius 2 is 1.88 bits per heavy atom. The normalized spacial score (nSPS) is 10.8. The molecule has 2 rings (SSSR count). The molecule has 0 aliphatic rings. The first-order valence-corrected chi connectivity index (χ1v) is 7.89. The first-order valence-electron chi connectivity index (χ1n) is 7.89. The fraction of sp³-hybridized carbons (Fsp3) is 0.263. The van der Waals surface area contributed by atoms with Gasteiger partial charge in [0.25, 0.3) is 5.91 Å². The molecule has 0 heterocycles. The van der Waals surface area contributed by atoms with Crippen molar-refractivity contribution in [2.75, 3.05) is 19.0 Å². The van der Waals surface area contributed by atoms with Crippen LogP contribution in [-0.2, 0) is 4.79 Å². The highest BCUT2D eigenvalue weighted by molar-refractivity contribution is 5.84. The number of nitrogens with zero attached hydrogens (tertiary/aromatic N) is 1. The van der Waals surface area contributed by atoms with Crippen LogP contribution in [0, 0.1) is 0 Å². The third-order valence-electron chi connectivity index (χ3n) is 3.55. The second-order valence-electron chi connectivity index (χ2n) is 5.67. The number of amides is 1. The summed E-state index contributed by atoms with van der Waals surface area (Å²) in [6.07, 6.45) is 1.63. The van der Waals surface area contributed by atoms with E-state index in [0.717, 1.165) is 11.3 Å². The van der Waals surface area contributed by atoms with Crippen molar-refractivity contribution in [3.8, 4) is 5.75 Å². The monoisotopic (exact) mass is 325 g/mol. The van der Waals surface area contributed by atoms with Crippen LogP contribution in [0.15, 0.2) is 53.6 Å². The summed E-state index contributed by atoms with van der Waals surface area (Å²) >= 11 is 0. The molecular weight excluding hydrogens is 302 g/mol. The van der Waals surface area contributed by atoms with Crippen LogP contribution >= 0.6 is 0 Å². The van der Waals surface area contributed by atoms with Crippen molar-refractivity contribution in [2.24, 2.45) is 5.10 Å². The Bertz CT molecular complexity index is 694. The molecule has 0 aromatic heterocycles. The molecule has 0 fully saturated rings. The Balaban J connectivity index is 1.82. The summed E-state index contributed by atoms with van der Waals surface area (Å²) in [5.74, 6) is 0.965. The molecule has 0 spiro atoms. The molecule has 5 heteroatoms. The highest BCUT2D eigenvalue weighted by Crippen LogP contribution is 2.22. The fourth-order valence-corrected chi connectivity index (χ4v) is 2.15. The maximum absolute atomic E-state index is 11.8. The van der Waals surface area contributed by atoms with Gasteiger partial charge >= 0.3 is 0 Å². The van der Waals surface area contributed by atoms with Crippen LogP contribution in [0.2, 0.25) is 0 Å². The van der Waals surface area contributed by atoms with Gasteiger partial charge in [-0.05, 0) is 29.2 Å². The number of para-hydroxylation sites is 2. The molecule has 2 aromatic rings. The van der Waals surface area contributed by atoms with Crippen molar-refractivity contribution in [1.29, 1.82) is 0 Å². The van der Waals surface area contributed by atoms with Crippen molar-refractivity contribution >= 4 is 17.8 Å². The minimum absolute atomic E-state index is 0.115. The molecule has 0 saturated carbocycles. The second kappa shape index (κ2) is 8.72. The van der Waals surface area contributed by atoms with E-state index in [1.54, 1.807) is 13.3 Å². The van der Waals surface area contributed by atoms with Gasteiger partial charge in [-0.25, -0.2) is 5.43 Å². The summed E-state index contributed by atoms with van der Waals surface area (Å²) in [6.45, 7) is 4.42. The highest BCUT2D eigenvalue weighted by atomic mass is 16.5. The van der Waals surface area contributed by atoms with E-state index in [4.69, 9.17) is 4.74 Å². The summed E-state index contributed by atoms with van der Waals surface area (Å²) in [7, 11) is 1.59. The number of methoxy groups -OCH3 is 1. The number of hydrazone groups is 1. The van der Waals surface area contributed by atoms with E-state index in [9.17, 15) is 4.79 Å². The number of hydrogen-bond acceptors (Lipinski definition) is 4. The Hall–Kier alpha value is -2.82. The Kier molecular flexibility index (Phi) is 6.37. The molecule has 0 aliphatic carbocycles.